The number of aromatic hydroxyl groups is 1. The molecule has 0 spiro atoms. The van der Waals surface area contributed by atoms with E-state index in [0.717, 1.165) is 52.6 Å². The number of ether oxygens (including phenoxy) is 2. The lowest BCUT2D eigenvalue weighted by molar-refractivity contribution is 0.100. The predicted octanol–water partition coefficient (Wildman–Crippen LogP) is 5.66. The number of allylic oxidation sites excluding steroid dienone is 1. The minimum Gasteiger partial charge on any atom is -0.508 e. The van der Waals surface area contributed by atoms with E-state index in [0.29, 0.717) is 24.0 Å². The van der Waals surface area contributed by atoms with E-state index in [1.54, 1.807) is 30.3 Å². The Labute approximate surface area is 218 Å². The number of benzene rings is 3. The minimum absolute atomic E-state index is 0.183. The quantitative estimate of drug-likeness (QED) is 0.439. The molecule has 0 aromatic heterocycles. The van der Waals surface area contributed by atoms with Crippen LogP contribution in [-0.2, 0) is 0 Å². The fraction of sp³-hybridized carbons (Fsp3) is 0.323. The summed E-state index contributed by atoms with van der Waals surface area (Å²) < 4.78 is 12.6. The highest BCUT2D eigenvalue weighted by Crippen LogP contribution is 2.47. The van der Waals surface area contributed by atoms with E-state index in [1.807, 2.05) is 43.3 Å². The van der Waals surface area contributed by atoms with Crippen LogP contribution in [0.15, 0.2) is 66.7 Å². The minimum atomic E-state index is -0.465. The monoisotopic (exact) mass is 498 g/mol. The molecule has 0 bridgehead atoms. The molecule has 3 atom stereocenters. The van der Waals surface area contributed by atoms with Gasteiger partial charge in [0.05, 0.1) is 0 Å². The van der Waals surface area contributed by atoms with Crippen LogP contribution in [0.25, 0.3) is 11.1 Å². The van der Waals surface area contributed by atoms with Crippen LogP contribution >= 0.6 is 0 Å². The second-order valence-corrected chi connectivity index (χ2v) is 10.3. The van der Waals surface area contributed by atoms with Crippen LogP contribution in [0.5, 0.6) is 17.2 Å². The van der Waals surface area contributed by atoms with Gasteiger partial charge in [0.1, 0.15) is 30.0 Å². The van der Waals surface area contributed by atoms with Crippen LogP contribution in [0.4, 0.5) is 0 Å². The zero-order valence-corrected chi connectivity index (χ0v) is 21.6. The molecule has 1 amide bonds. The summed E-state index contributed by atoms with van der Waals surface area (Å²) in [5.41, 5.74) is 10.6. The number of hydrogen-bond donors (Lipinski definition) is 2. The van der Waals surface area contributed by atoms with Crippen molar-refractivity contribution in [1.82, 2.24) is 4.90 Å². The zero-order valence-electron chi connectivity index (χ0n) is 21.6. The summed E-state index contributed by atoms with van der Waals surface area (Å²) >= 11 is 0. The molecule has 5 rings (SSSR count). The van der Waals surface area contributed by atoms with Gasteiger partial charge in [-0.3, -0.25) is 9.69 Å². The van der Waals surface area contributed by atoms with E-state index < -0.39 is 5.91 Å². The first-order valence-corrected chi connectivity index (χ1v) is 12.9. The highest BCUT2D eigenvalue weighted by molar-refractivity contribution is 5.97. The maximum Gasteiger partial charge on any atom is 0.248 e. The van der Waals surface area contributed by atoms with E-state index in [-0.39, 0.29) is 11.9 Å². The van der Waals surface area contributed by atoms with Crippen LogP contribution in [0, 0.1) is 5.92 Å². The third kappa shape index (κ3) is 5.20. The highest BCUT2D eigenvalue weighted by atomic mass is 16.5. The molecule has 2 heterocycles. The molecule has 1 saturated heterocycles. The summed E-state index contributed by atoms with van der Waals surface area (Å²) in [5, 5.41) is 10.1. The Balaban J connectivity index is 1.41. The van der Waals surface area contributed by atoms with E-state index >= 15 is 0 Å². The third-order valence-electron chi connectivity index (χ3n) is 7.51. The molecule has 6 heteroatoms. The van der Waals surface area contributed by atoms with E-state index in [9.17, 15) is 9.90 Å². The Kier molecular flexibility index (Phi) is 6.94. The van der Waals surface area contributed by atoms with Gasteiger partial charge in [0.15, 0.2) is 0 Å². The number of phenolic OH excluding ortho intramolecular Hbond substituents is 1. The zero-order chi connectivity index (χ0) is 26.1. The van der Waals surface area contributed by atoms with Crippen molar-refractivity contribution in [2.24, 2.45) is 11.7 Å². The van der Waals surface area contributed by atoms with Gasteiger partial charge in [-0.05, 0) is 91.9 Å². The summed E-state index contributed by atoms with van der Waals surface area (Å²) in [6, 6.07) is 20.8. The molecule has 3 unspecified atom stereocenters. The Hall–Kier alpha value is -3.77. The Morgan fingerprint density at radius 1 is 1.14 bits per heavy atom. The van der Waals surface area contributed by atoms with Crippen LogP contribution in [0.2, 0.25) is 0 Å². The lowest BCUT2D eigenvalue weighted by Gasteiger charge is -2.31. The summed E-state index contributed by atoms with van der Waals surface area (Å²) in [4.78, 5) is 14.1. The van der Waals surface area contributed by atoms with Crippen molar-refractivity contribution in [3.8, 4) is 17.2 Å². The van der Waals surface area contributed by atoms with Crippen molar-refractivity contribution < 1.29 is 19.4 Å². The number of carbonyl (C=O) groups is 1. The van der Waals surface area contributed by atoms with Crippen LogP contribution in [0.1, 0.15) is 60.3 Å². The number of nitrogens with zero attached hydrogens (tertiary/aromatic N) is 1. The van der Waals surface area contributed by atoms with Gasteiger partial charge in [0.2, 0.25) is 5.91 Å². The van der Waals surface area contributed by atoms with Crippen molar-refractivity contribution in [3.05, 3.63) is 89.0 Å². The van der Waals surface area contributed by atoms with Crippen LogP contribution in [-0.4, -0.2) is 41.7 Å². The molecule has 3 N–H and O–H groups in total. The topological polar surface area (TPSA) is 85.0 Å². The summed E-state index contributed by atoms with van der Waals surface area (Å²) in [6.07, 6.45) is 0.888. The van der Waals surface area contributed by atoms with E-state index in [1.165, 1.54) is 6.42 Å². The van der Waals surface area contributed by atoms with Crippen molar-refractivity contribution in [2.75, 3.05) is 19.7 Å². The first-order valence-electron chi connectivity index (χ1n) is 12.9. The second kappa shape index (κ2) is 10.3. The van der Waals surface area contributed by atoms with Crippen molar-refractivity contribution in [2.45, 2.75) is 39.3 Å². The highest BCUT2D eigenvalue weighted by Gasteiger charge is 2.30. The molecule has 37 heavy (non-hydrogen) atoms. The summed E-state index contributed by atoms with van der Waals surface area (Å²) in [5.74, 6) is 2.02. The number of likely N-dealkylation sites (tertiary alicyclic amines) is 1. The lowest BCUT2D eigenvalue weighted by Crippen LogP contribution is -2.35. The molecule has 0 radical (unpaired) electrons. The smallest absolute Gasteiger partial charge is 0.248 e. The van der Waals surface area contributed by atoms with Gasteiger partial charge in [-0.25, -0.2) is 0 Å². The van der Waals surface area contributed by atoms with Crippen molar-refractivity contribution >= 4 is 17.1 Å². The first-order chi connectivity index (χ1) is 17.8. The molecule has 2 aliphatic rings. The van der Waals surface area contributed by atoms with Gasteiger partial charge in [-0.2, -0.15) is 0 Å². The molecule has 192 valence electrons. The Bertz CT molecular complexity index is 1310. The van der Waals surface area contributed by atoms with Gasteiger partial charge < -0.3 is 20.3 Å². The van der Waals surface area contributed by atoms with Crippen molar-refractivity contribution in [1.29, 1.82) is 0 Å². The number of nitrogens with two attached hydrogens (primary N) is 1. The van der Waals surface area contributed by atoms with Gasteiger partial charge in [0, 0.05) is 29.3 Å². The van der Waals surface area contributed by atoms with Gasteiger partial charge in [-0.15, -0.1) is 0 Å². The van der Waals surface area contributed by atoms with E-state index in [2.05, 4.69) is 18.7 Å². The first kappa shape index (κ1) is 24.9. The number of primary amides is 1. The van der Waals surface area contributed by atoms with Gasteiger partial charge in [0.25, 0.3) is 0 Å². The number of hydrogen-bond acceptors (Lipinski definition) is 5. The third-order valence-corrected chi connectivity index (χ3v) is 7.51. The molecule has 3 aromatic carbocycles. The number of phenols is 1. The lowest BCUT2D eigenvalue weighted by atomic mass is 9.86. The molecular formula is C31H34N2O4. The maximum atomic E-state index is 11.6. The SMILES string of the molecule is CC1=C(c2ccc(C(N)=O)cc2)C(c2ccc(OCC(C)N3CCC(C)C3)cc2)Oc2ccc(O)cc21. The molecule has 0 saturated carbocycles. The van der Waals surface area contributed by atoms with E-state index in [4.69, 9.17) is 15.2 Å². The number of rotatable bonds is 7. The van der Waals surface area contributed by atoms with Gasteiger partial charge in [-0.1, -0.05) is 31.2 Å². The fourth-order valence-corrected chi connectivity index (χ4v) is 5.29. The Morgan fingerprint density at radius 3 is 2.51 bits per heavy atom. The average molecular weight is 499 g/mol. The number of fused-ring (bicyclic) bond motifs is 1. The van der Waals surface area contributed by atoms with Crippen molar-refractivity contribution in [3.63, 3.8) is 0 Å². The number of carbonyl (C=O) groups excluding carboxylic acids is 1. The molecule has 6 nitrogen and oxygen atoms in total. The standard InChI is InChI=1S/C31H34N2O4/c1-19-14-15-33(17-19)20(2)18-36-26-11-8-23(9-12-26)30-29(22-4-6-24(7-5-22)31(32)35)21(3)27-16-25(34)10-13-28(27)37-30/h4-13,16,19-20,30,34H,14-15,17-18H2,1-3H3,(H2,32,35). The average Bonchev–Trinajstić information content (AvgIpc) is 3.34. The van der Waals surface area contributed by atoms with Crippen LogP contribution < -0.4 is 15.2 Å². The molecule has 3 aromatic rings. The fourth-order valence-electron chi connectivity index (χ4n) is 5.29. The number of amides is 1. The normalized spacial score (nSPS) is 20.3. The predicted molar refractivity (Wildman–Crippen MR) is 146 cm³/mol. The molecule has 1 fully saturated rings. The maximum absolute atomic E-state index is 11.6. The molecular weight excluding hydrogens is 464 g/mol. The second-order valence-electron chi connectivity index (χ2n) is 10.3. The summed E-state index contributed by atoms with van der Waals surface area (Å²) in [7, 11) is 0. The molecule has 2 aliphatic heterocycles. The van der Waals surface area contributed by atoms with Crippen LogP contribution in [0.3, 0.4) is 0 Å². The summed E-state index contributed by atoms with van der Waals surface area (Å²) in [6.45, 7) is 9.48. The molecule has 0 aliphatic carbocycles. The largest absolute Gasteiger partial charge is 0.508 e. The Morgan fingerprint density at radius 2 is 1.86 bits per heavy atom. The van der Waals surface area contributed by atoms with Gasteiger partial charge >= 0.3 is 0 Å².